The number of rotatable bonds is 4. The van der Waals surface area contributed by atoms with Crippen LogP contribution >= 0.6 is 11.8 Å². The summed E-state index contributed by atoms with van der Waals surface area (Å²) in [5.41, 5.74) is 9.07. The van der Waals surface area contributed by atoms with Gasteiger partial charge in [-0.15, -0.1) is 0 Å². The SMILES string of the molecule is CC(C)c1cccc(N2C(=O)NC3=C(C(=O)N[C@@H]4CCC[C@@H]4N)SC4NCCC2C34)c1. The summed E-state index contributed by atoms with van der Waals surface area (Å²) in [5, 5.41) is 9.85. The normalized spacial score (nSPS) is 32.3. The predicted molar refractivity (Wildman–Crippen MR) is 124 cm³/mol. The first kappa shape index (κ1) is 20.8. The van der Waals surface area contributed by atoms with Crippen molar-refractivity contribution < 1.29 is 9.59 Å². The van der Waals surface area contributed by atoms with Crippen molar-refractivity contribution in [3.63, 3.8) is 0 Å². The summed E-state index contributed by atoms with van der Waals surface area (Å²) in [6.45, 7) is 5.14. The summed E-state index contributed by atoms with van der Waals surface area (Å²) in [7, 11) is 0. The maximum absolute atomic E-state index is 13.3. The Kier molecular flexibility index (Phi) is 5.48. The van der Waals surface area contributed by atoms with Gasteiger partial charge in [0.1, 0.15) is 0 Å². The van der Waals surface area contributed by atoms with Crippen LogP contribution in [-0.4, -0.2) is 42.0 Å². The van der Waals surface area contributed by atoms with Crippen LogP contribution in [0.5, 0.6) is 0 Å². The molecule has 0 bridgehead atoms. The van der Waals surface area contributed by atoms with Crippen molar-refractivity contribution in [3.8, 4) is 0 Å². The molecule has 2 saturated heterocycles. The molecule has 3 amide bonds. The van der Waals surface area contributed by atoms with Crippen LogP contribution in [0.25, 0.3) is 0 Å². The summed E-state index contributed by atoms with van der Waals surface area (Å²) < 4.78 is 0. The molecule has 5 rings (SSSR count). The van der Waals surface area contributed by atoms with E-state index in [-0.39, 0.29) is 41.4 Å². The van der Waals surface area contributed by atoms with Crippen LogP contribution in [0.4, 0.5) is 10.5 Å². The van der Waals surface area contributed by atoms with E-state index >= 15 is 0 Å². The molecule has 7 nitrogen and oxygen atoms in total. The highest BCUT2D eigenvalue weighted by Gasteiger charge is 2.51. The molecule has 31 heavy (non-hydrogen) atoms. The molecular weight excluding hydrogens is 410 g/mol. The van der Waals surface area contributed by atoms with Gasteiger partial charge in [-0.3, -0.25) is 9.69 Å². The second kappa shape index (κ2) is 8.15. The monoisotopic (exact) mass is 441 g/mol. The molecule has 1 aliphatic carbocycles. The lowest BCUT2D eigenvalue weighted by atomic mass is 9.86. The number of hydrogen-bond acceptors (Lipinski definition) is 5. The van der Waals surface area contributed by atoms with Gasteiger partial charge >= 0.3 is 6.03 Å². The maximum atomic E-state index is 13.3. The predicted octanol–water partition coefficient (Wildman–Crippen LogP) is 2.60. The molecule has 3 fully saturated rings. The third kappa shape index (κ3) is 3.64. The smallest absolute Gasteiger partial charge is 0.326 e. The zero-order chi connectivity index (χ0) is 21.7. The molecule has 0 aromatic heterocycles. The Hall–Kier alpha value is -2.03. The van der Waals surface area contributed by atoms with E-state index in [4.69, 9.17) is 5.73 Å². The van der Waals surface area contributed by atoms with Crippen LogP contribution < -0.4 is 26.6 Å². The number of anilines is 1. The first-order valence-corrected chi connectivity index (χ1v) is 12.2. The van der Waals surface area contributed by atoms with E-state index in [0.717, 1.165) is 43.6 Å². The van der Waals surface area contributed by atoms with Crippen molar-refractivity contribution in [2.75, 3.05) is 11.4 Å². The number of nitrogens with two attached hydrogens (primary N) is 1. The van der Waals surface area contributed by atoms with Gasteiger partial charge in [-0.2, -0.15) is 0 Å². The van der Waals surface area contributed by atoms with Crippen LogP contribution in [0, 0.1) is 5.92 Å². The molecule has 0 spiro atoms. The summed E-state index contributed by atoms with van der Waals surface area (Å²) in [6, 6.07) is 8.16. The topological polar surface area (TPSA) is 99.5 Å². The van der Waals surface area contributed by atoms with E-state index in [2.05, 4.69) is 41.9 Å². The minimum absolute atomic E-state index is 0.0128. The second-order valence-electron chi connectivity index (χ2n) is 9.34. The van der Waals surface area contributed by atoms with Crippen molar-refractivity contribution in [2.24, 2.45) is 11.7 Å². The Morgan fingerprint density at radius 2 is 2.13 bits per heavy atom. The lowest BCUT2D eigenvalue weighted by molar-refractivity contribution is -0.117. The molecule has 166 valence electrons. The van der Waals surface area contributed by atoms with E-state index in [1.165, 1.54) is 5.56 Å². The molecule has 3 unspecified atom stereocenters. The number of nitrogens with one attached hydrogen (secondary N) is 3. The van der Waals surface area contributed by atoms with Gasteiger partial charge in [0, 0.05) is 29.4 Å². The zero-order valence-corrected chi connectivity index (χ0v) is 18.9. The number of piperidine rings is 1. The fraction of sp³-hybridized carbons (Fsp3) is 0.565. The lowest BCUT2D eigenvalue weighted by Gasteiger charge is -2.46. The van der Waals surface area contributed by atoms with Gasteiger partial charge in [-0.1, -0.05) is 37.7 Å². The van der Waals surface area contributed by atoms with Crippen molar-refractivity contribution in [1.29, 1.82) is 0 Å². The van der Waals surface area contributed by atoms with Gasteiger partial charge in [0.15, 0.2) is 0 Å². The average molecular weight is 442 g/mol. The standard InChI is InChI=1S/C23H31N5O2S/c1-12(2)13-5-3-6-14(11-13)28-17-9-10-25-22-18(17)19(27-23(28)30)20(31-22)21(29)26-16-8-4-7-15(16)24/h3,5-6,11-12,15-18,22,25H,4,7-10,24H2,1-2H3,(H,26,29)(H,27,30)/t15-,16+,17?,18?,22?/m0/s1. The number of thioether (sulfide) groups is 1. The molecule has 0 radical (unpaired) electrons. The number of carbonyl (C=O) groups excluding carboxylic acids is 2. The lowest BCUT2D eigenvalue weighted by Crippen LogP contribution is -2.62. The van der Waals surface area contributed by atoms with Crippen LogP contribution in [0.1, 0.15) is 51.0 Å². The van der Waals surface area contributed by atoms with E-state index in [9.17, 15) is 9.59 Å². The molecule has 3 heterocycles. The number of nitrogens with zero attached hydrogens (tertiary/aromatic N) is 1. The van der Waals surface area contributed by atoms with Crippen molar-refractivity contribution in [2.45, 2.75) is 68.9 Å². The first-order chi connectivity index (χ1) is 14.9. The molecule has 3 aliphatic heterocycles. The quantitative estimate of drug-likeness (QED) is 0.576. The van der Waals surface area contributed by atoms with Crippen LogP contribution in [0.15, 0.2) is 34.9 Å². The van der Waals surface area contributed by atoms with Gasteiger partial charge in [0.25, 0.3) is 5.91 Å². The molecule has 1 aromatic carbocycles. The molecule has 5 atom stereocenters. The Morgan fingerprint density at radius 1 is 1.29 bits per heavy atom. The first-order valence-electron chi connectivity index (χ1n) is 11.3. The Bertz CT molecular complexity index is 932. The van der Waals surface area contributed by atoms with Gasteiger partial charge in [-0.05, 0) is 55.8 Å². The summed E-state index contributed by atoms with van der Waals surface area (Å²) >= 11 is 1.55. The van der Waals surface area contributed by atoms with E-state index in [1.807, 2.05) is 17.0 Å². The molecule has 4 aliphatic rings. The van der Waals surface area contributed by atoms with Crippen molar-refractivity contribution in [1.82, 2.24) is 16.0 Å². The van der Waals surface area contributed by atoms with Crippen LogP contribution in [-0.2, 0) is 4.79 Å². The zero-order valence-electron chi connectivity index (χ0n) is 18.1. The van der Waals surface area contributed by atoms with Gasteiger partial charge in [-0.25, -0.2) is 4.79 Å². The molecule has 1 saturated carbocycles. The third-order valence-corrected chi connectivity index (χ3v) is 8.40. The number of hydrogen-bond donors (Lipinski definition) is 4. The highest BCUT2D eigenvalue weighted by molar-refractivity contribution is 8.04. The fourth-order valence-corrected chi connectivity index (χ4v) is 6.76. The molecule has 5 N–H and O–H groups in total. The Morgan fingerprint density at radius 3 is 2.87 bits per heavy atom. The van der Waals surface area contributed by atoms with Crippen molar-refractivity contribution in [3.05, 3.63) is 40.4 Å². The fourth-order valence-electron chi connectivity index (χ4n) is 5.36. The van der Waals surface area contributed by atoms with Gasteiger partial charge in [0.2, 0.25) is 0 Å². The Balaban J connectivity index is 1.45. The number of benzene rings is 1. The minimum atomic E-state index is -0.150. The van der Waals surface area contributed by atoms with E-state index < -0.39 is 0 Å². The summed E-state index contributed by atoms with van der Waals surface area (Å²) in [4.78, 5) is 29.0. The molecule has 1 aromatic rings. The number of amides is 3. The van der Waals surface area contributed by atoms with Gasteiger partial charge < -0.3 is 21.7 Å². The highest BCUT2D eigenvalue weighted by atomic mass is 32.2. The third-order valence-electron chi connectivity index (χ3n) is 7.05. The highest BCUT2D eigenvalue weighted by Crippen LogP contribution is 2.48. The van der Waals surface area contributed by atoms with E-state index in [0.29, 0.717) is 10.8 Å². The molecular formula is C23H31N5O2S. The average Bonchev–Trinajstić information content (AvgIpc) is 3.32. The maximum Gasteiger partial charge on any atom is 0.326 e. The Labute approximate surface area is 187 Å². The second-order valence-corrected chi connectivity index (χ2v) is 10.5. The van der Waals surface area contributed by atoms with Crippen LogP contribution in [0.2, 0.25) is 0 Å². The summed E-state index contributed by atoms with van der Waals surface area (Å²) in [6.07, 6.45) is 3.76. The van der Waals surface area contributed by atoms with Gasteiger partial charge in [0.05, 0.1) is 16.3 Å². The molecule has 8 heteroatoms. The van der Waals surface area contributed by atoms with Crippen LogP contribution in [0.3, 0.4) is 0 Å². The number of carbonyl (C=O) groups is 2. The summed E-state index contributed by atoms with van der Waals surface area (Å²) in [5.74, 6) is 0.355. The van der Waals surface area contributed by atoms with Crippen molar-refractivity contribution >= 4 is 29.4 Å². The number of urea groups is 1. The minimum Gasteiger partial charge on any atom is -0.347 e. The largest absolute Gasteiger partial charge is 0.347 e. The van der Waals surface area contributed by atoms with E-state index in [1.54, 1.807) is 11.8 Å².